The first-order valence-corrected chi connectivity index (χ1v) is 7.03. The van der Waals surface area contributed by atoms with Gasteiger partial charge >= 0.3 is 0 Å². The molecule has 0 fully saturated rings. The minimum atomic E-state index is 0.566. The molecule has 0 aliphatic carbocycles. The molecular weight excluding hydrogens is 260 g/mol. The van der Waals surface area contributed by atoms with Crippen molar-refractivity contribution in [2.24, 2.45) is 0 Å². The topological polar surface area (TPSA) is 74.0 Å². The number of aromatic nitrogens is 5. The number of nitrogen functional groups attached to an aromatic ring is 1. The molecule has 3 aromatic heterocycles. The number of pyridine rings is 1. The maximum Gasteiger partial charge on any atom is 0.195 e. The maximum atomic E-state index is 5.56. The molecule has 0 bridgehead atoms. The van der Waals surface area contributed by atoms with Crippen LogP contribution in [0.4, 0.5) is 5.82 Å². The van der Waals surface area contributed by atoms with Crippen molar-refractivity contribution in [1.29, 1.82) is 0 Å². The minimum absolute atomic E-state index is 0.566. The van der Waals surface area contributed by atoms with Gasteiger partial charge in [-0.25, -0.2) is 0 Å². The van der Waals surface area contributed by atoms with Gasteiger partial charge in [0.2, 0.25) is 0 Å². The van der Waals surface area contributed by atoms with E-state index in [0.717, 1.165) is 29.5 Å². The van der Waals surface area contributed by atoms with Gasteiger partial charge in [0.1, 0.15) is 5.82 Å². The Morgan fingerprint density at radius 1 is 1.16 bits per heavy atom. The van der Waals surface area contributed by atoms with Gasteiger partial charge in [0.25, 0.3) is 0 Å². The fraction of sp³-hybridized carbons (Fsp3) is 0.250. The predicted molar refractivity (Wildman–Crippen MR) is 75.0 cm³/mol. The molecule has 7 heteroatoms. The largest absolute Gasteiger partial charge is 0.382 e. The zero-order valence-corrected chi connectivity index (χ0v) is 11.1. The predicted octanol–water partition coefficient (Wildman–Crippen LogP) is 1.69. The Labute approximate surface area is 114 Å². The van der Waals surface area contributed by atoms with Crippen LogP contribution in [0.15, 0.2) is 41.8 Å². The summed E-state index contributed by atoms with van der Waals surface area (Å²) >= 11 is 1.70. The second-order valence-electron chi connectivity index (χ2n) is 4.12. The molecule has 0 saturated heterocycles. The number of hydrogen-bond donors (Lipinski definition) is 1. The first kappa shape index (κ1) is 12.0. The summed E-state index contributed by atoms with van der Waals surface area (Å²) in [4.78, 5) is 0. The fourth-order valence-corrected chi connectivity index (χ4v) is 2.66. The molecule has 6 nitrogen and oxygen atoms in total. The van der Waals surface area contributed by atoms with Crippen molar-refractivity contribution in [2.75, 3.05) is 11.5 Å². The number of nitrogens with two attached hydrogens (primary N) is 1. The molecule has 98 valence electrons. The van der Waals surface area contributed by atoms with E-state index in [-0.39, 0.29) is 0 Å². The Morgan fingerprint density at radius 3 is 2.95 bits per heavy atom. The van der Waals surface area contributed by atoms with Crippen LogP contribution in [0.3, 0.4) is 0 Å². The summed E-state index contributed by atoms with van der Waals surface area (Å²) in [5.41, 5.74) is 6.44. The van der Waals surface area contributed by atoms with Crippen LogP contribution in [-0.4, -0.2) is 30.1 Å². The lowest BCUT2D eigenvalue weighted by atomic mass is 10.5. The van der Waals surface area contributed by atoms with Crippen molar-refractivity contribution in [1.82, 2.24) is 24.4 Å². The van der Waals surface area contributed by atoms with Crippen LogP contribution < -0.4 is 5.73 Å². The standard InChI is InChI=1S/C12H14N6S/c13-10-5-8-17(16-10)6-3-9-19-12-15-14-11-4-1-2-7-18(11)12/h1-2,4-5,7-8H,3,6,9H2,(H2,13,16). The van der Waals surface area contributed by atoms with Gasteiger partial charge in [0.15, 0.2) is 10.8 Å². The SMILES string of the molecule is Nc1ccn(CCCSc2nnc3ccccn23)n1. The Hall–Kier alpha value is -2.02. The van der Waals surface area contributed by atoms with Gasteiger partial charge in [0, 0.05) is 24.7 Å². The first-order chi connectivity index (χ1) is 9.33. The smallest absolute Gasteiger partial charge is 0.195 e. The van der Waals surface area contributed by atoms with Gasteiger partial charge in [-0.2, -0.15) is 5.10 Å². The summed E-state index contributed by atoms with van der Waals surface area (Å²) in [7, 11) is 0. The zero-order valence-electron chi connectivity index (χ0n) is 10.3. The lowest BCUT2D eigenvalue weighted by Crippen LogP contribution is -2.01. The number of aryl methyl sites for hydroxylation is 1. The van der Waals surface area contributed by atoms with Crippen molar-refractivity contribution in [3.8, 4) is 0 Å². The van der Waals surface area contributed by atoms with Crippen molar-refractivity contribution in [3.63, 3.8) is 0 Å². The molecule has 3 aromatic rings. The van der Waals surface area contributed by atoms with Crippen LogP contribution in [0.2, 0.25) is 0 Å². The molecule has 0 unspecified atom stereocenters. The quantitative estimate of drug-likeness (QED) is 0.566. The van der Waals surface area contributed by atoms with Crippen molar-refractivity contribution >= 4 is 23.2 Å². The van der Waals surface area contributed by atoms with E-state index in [0.29, 0.717) is 5.82 Å². The summed E-state index contributed by atoms with van der Waals surface area (Å²) in [5, 5.41) is 13.4. The van der Waals surface area contributed by atoms with E-state index in [1.54, 1.807) is 17.8 Å². The Kier molecular flexibility index (Phi) is 3.37. The third-order valence-electron chi connectivity index (χ3n) is 2.71. The van der Waals surface area contributed by atoms with Crippen LogP contribution >= 0.6 is 11.8 Å². The number of rotatable bonds is 5. The lowest BCUT2D eigenvalue weighted by molar-refractivity contribution is 0.608. The maximum absolute atomic E-state index is 5.56. The fourth-order valence-electron chi connectivity index (χ4n) is 1.81. The molecule has 0 aliphatic rings. The van der Waals surface area contributed by atoms with E-state index >= 15 is 0 Å². The molecule has 2 N–H and O–H groups in total. The van der Waals surface area contributed by atoms with Gasteiger partial charge in [-0.05, 0) is 24.6 Å². The molecule has 19 heavy (non-hydrogen) atoms. The zero-order chi connectivity index (χ0) is 13.1. The summed E-state index contributed by atoms with van der Waals surface area (Å²) in [5.74, 6) is 1.53. The molecule has 0 atom stereocenters. The van der Waals surface area contributed by atoms with E-state index in [4.69, 9.17) is 5.73 Å². The van der Waals surface area contributed by atoms with Crippen molar-refractivity contribution < 1.29 is 0 Å². The van der Waals surface area contributed by atoms with E-state index in [9.17, 15) is 0 Å². The van der Waals surface area contributed by atoms with E-state index in [1.807, 2.05) is 39.7 Å². The van der Waals surface area contributed by atoms with Gasteiger partial charge in [0.05, 0.1) is 0 Å². The number of nitrogens with zero attached hydrogens (tertiary/aromatic N) is 5. The van der Waals surface area contributed by atoms with Crippen LogP contribution in [-0.2, 0) is 6.54 Å². The molecule has 0 saturated carbocycles. The van der Waals surface area contributed by atoms with Crippen LogP contribution in [0.25, 0.3) is 5.65 Å². The highest BCUT2D eigenvalue weighted by Gasteiger charge is 2.04. The molecule has 0 aromatic carbocycles. The van der Waals surface area contributed by atoms with Crippen molar-refractivity contribution in [2.45, 2.75) is 18.1 Å². The number of hydrogen-bond acceptors (Lipinski definition) is 5. The van der Waals surface area contributed by atoms with E-state index in [2.05, 4.69) is 15.3 Å². The highest BCUT2D eigenvalue weighted by molar-refractivity contribution is 7.99. The third kappa shape index (κ3) is 2.70. The average molecular weight is 274 g/mol. The molecule has 3 heterocycles. The Bertz CT molecular complexity index is 673. The highest BCUT2D eigenvalue weighted by Crippen LogP contribution is 2.17. The van der Waals surface area contributed by atoms with Crippen molar-refractivity contribution in [3.05, 3.63) is 36.7 Å². The third-order valence-corrected chi connectivity index (χ3v) is 3.74. The van der Waals surface area contributed by atoms with Crippen LogP contribution in [0, 0.1) is 0 Å². The molecule has 0 aliphatic heterocycles. The normalized spacial score (nSPS) is 11.2. The van der Waals surface area contributed by atoms with Crippen LogP contribution in [0.5, 0.6) is 0 Å². The minimum Gasteiger partial charge on any atom is -0.382 e. The van der Waals surface area contributed by atoms with E-state index in [1.165, 1.54) is 0 Å². The molecular formula is C12H14N6S. The number of fused-ring (bicyclic) bond motifs is 1. The monoisotopic (exact) mass is 274 g/mol. The molecule has 0 spiro atoms. The molecule has 3 rings (SSSR count). The van der Waals surface area contributed by atoms with Crippen LogP contribution in [0.1, 0.15) is 6.42 Å². The Morgan fingerprint density at radius 2 is 2.11 bits per heavy atom. The van der Waals surface area contributed by atoms with Gasteiger partial charge < -0.3 is 5.73 Å². The van der Waals surface area contributed by atoms with E-state index < -0.39 is 0 Å². The second-order valence-corrected chi connectivity index (χ2v) is 5.18. The molecule has 0 amide bonds. The molecule has 0 radical (unpaired) electrons. The average Bonchev–Trinajstić information content (AvgIpc) is 3.02. The summed E-state index contributed by atoms with van der Waals surface area (Å²) < 4.78 is 3.86. The highest BCUT2D eigenvalue weighted by atomic mass is 32.2. The first-order valence-electron chi connectivity index (χ1n) is 6.04. The van der Waals surface area contributed by atoms with Gasteiger partial charge in [-0.3, -0.25) is 9.08 Å². The summed E-state index contributed by atoms with van der Waals surface area (Å²) in [6.07, 6.45) is 4.88. The lowest BCUT2D eigenvalue weighted by Gasteiger charge is -2.01. The number of anilines is 1. The summed E-state index contributed by atoms with van der Waals surface area (Å²) in [6.45, 7) is 0.862. The summed E-state index contributed by atoms with van der Waals surface area (Å²) in [6, 6.07) is 7.69. The second kappa shape index (κ2) is 5.31. The Balaban J connectivity index is 1.55. The number of thioether (sulfide) groups is 1. The van der Waals surface area contributed by atoms with Gasteiger partial charge in [-0.15, -0.1) is 10.2 Å². The van der Waals surface area contributed by atoms with Gasteiger partial charge in [-0.1, -0.05) is 17.8 Å².